The number of hydrogen-bond acceptors (Lipinski definition) is 4. The monoisotopic (exact) mass is 302 g/mol. The molecule has 2 N–H and O–H groups in total. The van der Waals surface area contributed by atoms with Crippen molar-refractivity contribution in [2.24, 2.45) is 11.7 Å². The second kappa shape index (κ2) is 6.09. The highest BCUT2D eigenvalue weighted by molar-refractivity contribution is 5.92. The van der Waals surface area contributed by atoms with Crippen molar-refractivity contribution >= 4 is 17.9 Å². The lowest BCUT2D eigenvalue weighted by Gasteiger charge is -2.30. The zero-order valence-corrected chi connectivity index (χ0v) is 12.2. The summed E-state index contributed by atoms with van der Waals surface area (Å²) in [5.74, 6) is 0.711. The van der Waals surface area contributed by atoms with Crippen molar-refractivity contribution in [1.29, 1.82) is 0 Å². The van der Waals surface area contributed by atoms with E-state index in [2.05, 4.69) is 0 Å². The van der Waals surface area contributed by atoms with Gasteiger partial charge in [0.2, 0.25) is 18.6 Å². The van der Waals surface area contributed by atoms with Crippen LogP contribution in [0.4, 0.5) is 0 Å². The van der Waals surface area contributed by atoms with Crippen LogP contribution in [0, 0.1) is 5.92 Å². The third kappa shape index (κ3) is 3.05. The average molecular weight is 302 g/mol. The Hall–Kier alpha value is -2.50. The molecular formula is C16H18N2O4. The zero-order chi connectivity index (χ0) is 15.5. The third-order valence-electron chi connectivity index (χ3n) is 3.95. The molecule has 6 nitrogen and oxygen atoms in total. The molecule has 0 spiro atoms. The number of amides is 2. The Bertz CT molecular complexity index is 627. The standard InChI is InChI=1S/C16H18N2O4/c17-16(20)12-2-1-7-18(9-12)15(19)6-4-11-3-5-13-14(8-11)22-10-21-13/h3-6,8,12H,1-2,7,9-10H2,(H2,17,20). The van der Waals surface area contributed by atoms with E-state index in [1.54, 1.807) is 11.0 Å². The number of hydrogen-bond donors (Lipinski definition) is 1. The van der Waals surface area contributed by atoms with Crippen molar-refractivity contribution in [1.82, 2.24) is 4.90 Å². The predicted octanol–water partition coefficient (Wildman–Crippen LogP) is 1.15. The number of carbonyl (C=O) groups excluding carboxylic acids is 2. The number of ether oxygens (including phenoxy) is 2. The predicted molar refractivity (Wildman–Crippen MR) is 80.1 cm³/mol. The quantitative estimate of drug-likeness (QED) is 0.849. The third-order valence-corrected chi connectivity index (χ3v) is 3.95. The van der Waals surface area contributed by atoms with Gasteiger partial charge in [-0.25, -0.2) is 0 Å². The van der Waals surface area contributed by atoms with E-state index >= 15 is 0 Å². The number of nitrogens with two attached hydrogens (primary N) is 1. The number of fused-ring (bicyclic) bond motifs is 1. The fourth-order valence-corrected chi connectivity index (χ4v) is 2.70. The summed E-state index contributed by atoms with van der Waals surface area (Å²) in [5, 5.41) is 0. The van der Waals surface area contributed by atoms with Crippen LogP contribution in [-0.4, -0.2) is 36.6 Å². The molecule has 0 radical (unpaired) electrons. The van der Waals surface area contributed by atoms with Gasteiger partial charge in [-0.15, -0.1) is 0 Å². The smallest absolute Gasteiger partial charge is 0.246 e. The van der Waals surface area contributed by atoms with Gasteiger partial charge < -0.3 is 20.1 Å². The number of benzene rings is 1. The second-order valence-electron chi connectivity index (χ2n) is 5.47. The maximum absolute atomic E-state index is 12.2. The first-order valence-corrected chi connectivity index (χ1v) is 7.29. The summed E-state index contributed by atoms with van der Waals surface area (Å²) in [4.78, 5) is 25.1. The van der Waals surface area contributed by atoms with E-state index in [1.807, 2.05) is 18.2 Å². The number of piperidine rings is 1. The molecule has 0 aromatic heterocycles. The molecule has 116 valence electrons. The number of primary amides is 1. The minimum absolute atomic E-state index is 0.108. The number of rotatable bonds is 3. The van der Waals surface area contributed by atoms with E-state index in [1.165, 1.54) is 6.08 Å². The molecule has 1 aromatic rings. The lowest BCUT2D eigenvalue weighted by Crippen LogP contribution is -2.43. The van der Waals surface area contributed by atoms with E-state index in [-0.39, 0.29) is 24.5 Å². The van der Waals surface area contributed by atoms with Crippen LogP contribution in [0.15, 0.2) is 24.3 Å². The van der Waals surface area contributed by atoms with E-state index in [0.29, 0.717) is 24.6 Å². The number of likely N-dealkylation sites (tertiary alicyclic amines) is 1. The molecular weight excluding hydrogens is 284 g/mol. The molecule has 1 fully saturated rings. The maximum atomic E-state index is 12.2. The molecule has 2 aliphatic heterocycles. The average Bonchev–Trinajstić information content (AvgIpc) is 3.00. The van der Waals surface area contributed by atoms with Gasteiger partial charge in [-0.05, 0) is 36.6 Å². The lowest BCUT2D eigenvalue weighted by molar-refractivity contribution is -0.130. The molecule has 1 aromatic carbocycles. The summed E-state index contributed by atoms with van der Waals surface area (Å²) in [7, 11) is 0. The molecule has 1 atom stereocenters. The lowest BCUT2D eigenvalue weighted by atomic mass is 9.97. The van der Waals surface area contributed by atoms with Gasteiger partial charge >= 0.3 is 0 Å². The Balaban J connectivity index is 1.64. The molecule has 1 saturated heterocycles. The van der Waals surface area contributed by atoms with Crippen LogP contribution in [-0.2, 0) is 9.59 Å². The first-order valence-electron chi connectivity index (χ1n) is 7.29. The van der Waals surface area contributed by atoms with Gasteiger partial charge in [0.05, 0.1) is 5.92 Å². The largest absolute Gasteiger partial charge is 0.454 e. The Labute approximate surface area is 128 Å². The SMILES string of the molecule is NC(=O)C1CCCN(C(=O)C=Cc2ccc3c(c2)OCO3)C1. The minimum atomic E-state index is -0.336. The summed E-state index contributed by atoms with van der Waals surface area (Å²) in [5.41, 5.74) is 6.19. The van der Waals surface area contributed by atoms with Gasteiger partial charge in [0.1, 0.15) is 0 Å². The molecule has 22 heavy (non-hydrogen) atoms. The Morgan fingerprint density at radius 1 is 1.27 bits per heavy atom. The van der Waals surface area contributed by atoms with Crippen molar-refractivity contribution < 1.29 is 19.1 Å². The normalized spacial score (nSPS) is 20.4. The molecule has 3 rings (SSSR count). The molecule has 0 bridgehead atoms. The fourth-order valence-electron chi connectivity index (χ4n) is 2.70. The van der Waals surface area contributed by atoms with Crippen LogP contribution >= 0.6 is 0 Å². The molecule has 2 heterocycles. The summed E-state index contributed by atoms with van der Waals surface area (Å²) in [6, 6.07) is 5.50. The van der Waals surface area contributed by atoms with E-state index in [4.69, 9.17) is 15.2 Å². The van der Waals surface area contributed by atoms with Crippen molar-refractivity contribution in [2.75, 3.05) is 19.9 Å². The fraction of sp³-hybridized carbons (Fsp3) is 0.375. The van der Waals surface area contributed by atoms with Crippen molar-refractivity contribution in [2.45, 2.75) is 12.8 Å². The van der Waals surface area contributed by atoms with Crippen LogP contribution in [0.5, 0.6) is 11.5 Å². The van der Waals surface area contributed by atoms with Crippen LogP contribution in [0.1, 0.15) is 18.4 Å². The van der Waals surface area contributed by atoms with Gasteiger partial charge in [-0.1, -0.05) is 6.07 Å². The first-order chi connectivity index (χ1) is 10.6. The molecule has 2 amide bonds. The maximum Gasteiger partial charge on any atom is 0.246 e. The van der Waals surface area contributed by atoms with E-state index < -0.39 is 0 Å². The van der Waals surface area contributed by atoms with Gasteiger partial charge in [-0.2, -0.15) is 0 Å². The second-order valence-corrected chi connectivity index (χ2v) is 5.47. The number of carbonyl (C=O) groups is 2. The summed E-state index contributed by atoms with van der Waals surface area (Å²) in [6.45, 7) is 1.29. The minimum Gasteiger partial charge on any atom is -0.454 e. The highest BCUT2D eigenvalue weighted by Crippen LogP contribution is 2.32. The Morgan fingerprint density at radius 2 is 2.09 bits per heavy atom. The van der Waals surface area contributed by atoms with Gasteiger partial charge in [-0.3, -0.25) is 9.59 Å². The summed E-state index contributed by atoms with van der Waals surface area (Å²) >= 11 is 0. The van der Waals surface area contributed by atoms with Crippen LogP contribution in [0.25, 0.3) is 6.08 Å². The molecule has 6 heteroatoms. The molecule has 2 aliphatic rings. The zero-order valence-electron chi connectivity index (χ0n) is 12.2. The molecule has 1 unspecified atom stereocenters. The Morgan fingerprint density at radius 3 is 2.91 bits per heavy atom. The van der Waals surface area contributed by atoms with E-state index in [0.717, 1.165) is 18.4 Å². The van der Waals surface area contributed by atoms with Gasteiger partial charge in [0, 0.05) is 19.2 Å². The summed E-state index contributed by atoms with van der Waals surface area (Å²) < 4.78 is 10.5. The Kier molecular flexibility index (Phi) is 4.00. The van der Waals surface area contributed by atoms with Crippen LogP contribution in [0.2, 0.25) is 0 Å². The molecule has 0 aliphatic carbocycles. The van der Waals surface area contributed by atoms with Crippen molar-refractivity contribution in [3.63, 3.8) is 0 Å². The van der Waals surface area contributed by atoms with Crippen LogP contribution in [0.3, 0.4) is 0 Å². The van der Waals surface area contributed by atoms with Crippen molar-refractivity contribution in [3.8, 4) is 11.5 Å². The van der Waals surface area contributed by atoms with Gasteiger partial charge in [0.25, 0.3) is 0 Å². The first kappa shape index (κ1) is 14.4. The summed E-state index contributed by atoms with van der Waals surface area (Å²) in [6.07, 6.45) is 4.81. The van der Waals surface area contributed by atoms with E-state index in [9.17, 15) is 9.59 Å². The van der Waals surface area contributed by atoms with Gasteiger partial charge in [0.15, 0.2) is 11.5 Å². The topological polar surface area (TPSA) is 81.9 Å². The highest BCUT2D eigenvalue weighted by Gasteiger charge is 2.25. The van der Waals surface area contributed by atoms with Crippen LogP contribution < -0.4 is 15.2 Å². The number of nitrogens with zero attached hydrogens (tertiary/aromatic N) is 1. The highest BCUT2D eigenvalue weighted by atomic mass is 16.7. The van der Waals surface area contributed by atoms with Crippen molar-refractivity contribution in [3.05, 3.63) is 29.8 Å². The molecule has 0 saturated carbocycles.